The number of rotatable bonds is 4. The zero-order valence-electron chi connectivity index (χ0n) is 14.5. The van der Waals surface area contributed by atoms with Crippen LogP contribution in [-0.4, -0.2) is 35.0 Å². The molecule has 2 heterocycles. The molecule has 0 aliphatic carbocycles. The van der Waals surface area contributed by atoms with Crippen molar-refractivity contribution in [2.45, 2.75) is 39.3 Å². The third-order valence-corrected chi connectivity index (χ3v) is 5.33. The van der Waals surface area contributed by atoms with E-state index in [4.69, 9.17) is 10.5 Å². The summed E-state index contributed by atoms with van der Waals surface area (Å²) in [6, 6.07) is 6.18. The van der Waals surface area contributed by atoms with Gasteiger partial charge >= 0.3 is 0 Å². The third-order valence-electron chi connectivity index (χ3n) is 4.46. The first-order valence-electron chi connectivity index (χ1n) is 8.24. The van der Waals surface area contributed by atoms with Crippen LogP contribution in [0.5, 0.6) is 5.75 Å². The summed E-state index contributed by atoms with van der Waals surface area (Å²) < 4.78 is 6.08. The number of piperidine rings is 1. The first kappa shape index (κ1) is 19.7. The van der Waals surface area contributed by atoms with E-state index in [9.17, 15) is 4.79 Å². The summed E-state index contributed by atoms with van der Waals surface area (Å²) in [6.07, 6.45) is 1.84. The van der Waals surface area contributed by atoms with Gasteiger partial charge in [0, 0.05) is 37.9 Å². The Morgan fingerprint density at radius 1 is 1.32 bits per heavy atom. The van der Waals surface area contributed by atoms with E-state index in [1.807, 2.05) is 11.0 Å². The van der Waals surface area contributed by atoms with Crippen LogP contribution in [0, 0.1) is 13.8 Å². The van der Waals surface area contributed by atoms with Crippen LogP contribution in [0.4, 0.5) is 0 Å². The molecule has 0 bridgehead atoms. The maximum absolute atomic E-state index is 12.5. The van der Waals surface area contributed by atoms with Crippen molar-refractivity contribution in [3.8, 4) is 5.75 Å². The molecule has 1 aliphatic rings. The Morgan fingerprint density at radius 2 is 2.04 bits per heavy atom. The molecular weight excluding hydrogens is 358 g/mol. The number of nitrogens with two attached hydrogens (primary N) is 1. The number of halogens is 1. The first-order chi connectivity index (χ1) is 11.6. The fraction of sp³-hybridized carbons (Fsp3) is 0.444. The van der Waals surface area contributed by atoms with E-state index in [1.54, 1.807) is 5.38 Å². The lowest BCUT2D eigenvalue weighted by Gasteiger charge is -2.32. The van der Waals surface area contributed by atoms with Gasteiger partial charge < -0.3 is 15.4 Å². The summed E-state index contributed by atoms with van der Waals surface area (Å²) in [6.45, 7) is 5.96. The van der Waals surface area contributed by atoms with Gasteiger partial charge in [0.2, 0.25) is 0 Å². The van der Waals surface area contributed by atoms with Crippen molar-refractivity contribution in [2.24, 2.45) is 5.73 Å². The number of aromatic nitrogens is 1. The topological polar surface area (TPSA) is 68.5 Å². The molecule has 0 unspecified atom stereocenters. The average Bonchev–Trinajstić information content (AvgIpc) is 3.07. The predicted molar refractivity (Wildman–Crippen MR) is 103 cm³/mol. The standard InChI is InChI=1S/C18H23N3O2S.ClH/c1-12-3-4-15(9-13(12)2)23-14-5-7-21(8-6-14)18(22)16-11-24-17(10-19)20-16;/h3-4,9,11,14H,5-8,10,19H2,1-2H3;1H. The Bertz CT molecular complexity index is 727. The normalized spacial score (nSPS) is 14.9. The predicted octanol–water partition coefficient (Wildman–Crippen LogP) is 3.32. The van der Waals surface area contributed by atoms with Gasteiger partial charge in [0.05, 0.1) is 0 Å². The smallest absolute Gasteiger partial charge is 0.273 e. The van der Waals surface area contributed by atoms with Crippen LogP contribution < -0.4 is 10.5 Å². The van der Waals surface area contributed by atoms with Gasteiger partial charge in [-0.1, -0.05) is 6.07 Å². The molecule has 1 aliphatic heterocycles. The van der Waals surface area contributed by atoms with E-state index in [0.717, 1.165) is 23.6 Å². The molecule has 2 aromatic rings. The number of ether oxygens (including phenoxy) is 1. The van der Waals surface area contributed by atoms with E-state index in [-0.39, 0.29) is 24.4 Å². The second kappa shape index (κ2) is 8.65. The molecule has 0 atom stereocenters. The van der Waals surface area contributed by atoms with E-state index in [1.165, 1.54) is 22.5 Å². The number of hydrogen-bond acceptors (Lipinski definition) is 5. The monoisotopic (exact) mass is 381 g/mol. The molecule has 0 saturated carbocycles. The van der Waals surface area contributed by atoms with Crippen LogP contribution in [0.3, 0.4) is 0 Å². The highest BCUT2D eigenvalue weighted by Crippen LogP contribution is 2.22. The average molecular weight is 382 g/mol. The summed E-state index contributed by atoms with van der Waals surface area (Å²) in [4.78, 5) is 18.6. The number of thiazole rings is 1. The molecule has 3 rings (SSSR count). The number of carbonyl (C=O) groups excluding carboxylic acids is 1. The zero-order valence-corrected chi connectivity index (χ0v) is 16.2. The van der Waals surface area contributed by atoms with Crippen LogP contribution in [0.1, 0.15) is 39.5 Å². The summed E-state index contributed by atoms with van der Waals surface area (Å²) in [5.41, 5.74) is 8.57. The van der Waals surface area contributed by atoms with Crippen LogP contribution >= 0.6 is 23.7 Å². The Labute approximate surface area is 158 Å². The van der Waals surface area contributed by atoms with Gasteiger partial charge in [0.25, 0.3) is 5.91 Å². The Kier molecular flexibility index (Phi) is 6.81. The number of likely N-dealkylation sites (tertiary alicyclic amines) is 1. The lowest BCUT2D eigenvalue weighted by molar-refractivity contribution is 0.0590. The number of hydrogen-bond donors (Lipinski definition) is 1. The van der Waals surface area contributed by atoms with E-state index in [2.05, 4.69) is 31.0 Å². The fourth-order valence-corrected chi connectivity index (χ4v) is 3.47. The summed E-state index contributed by atoms with van der Waals surface area (Å²) in [7, 11) is 0. The van der Waals surface area contributed by atoms with Crippen molar-refractivity contribution in [2.75, 3.05) is 13.1 Å². The minimum atomic E-state index is -0.00409. The van der Waals surface area contributed by atoms with E-state index in [0.29, 0.717) is 25.3 Å². The molecular formula is C18H24ClN3O2S. The number of carbonyl (C=O) groups is 1. The molecule has 136 valence electrons. The number of aryl methyl sites for hydroxylation is 2. The lowest BCUT2D eigenvalue weighted by Crippen LogP contribution is -2.41. The second-order valence-corrected chi connectivity index (χ2v) is 7.13. The highest BCUT2D eigenvalue weighted by Gasteiger charge is 2.26. The summed E-state index contributed by atoms with van der Waals surface area (Å²) in [5, 5.41) is 2.59. The Hall–Kier alpha value is -1.63. The van der Waals surface area contributed by atoms with Crippen molar-refractivity contribution in [1.29, 1.82) is 0 Å². The molecule has 1 aromatic carbocycles. The minimum Gasteiger partial charge on any atom is -0.490 e. The van der Waals surface area contributed by atoms with Crippen molar-refractivity contribution in [3.05, 3.63) is 45.4 Å². The van der Waals surface area contributed by atoms with Gasteiger partial charge in [-0.15, -0.1) is 23.7 Å². The summed E-state index contributed by atoms with van der Waals surface area (Å²) in [5.74, 6) is 0.908. The summed E-state index contributed by atoms with van der Waals surface area (Å²) >= 11 is 1.44. The SMILES string of the molecule is Cc1ccc(OC2CCN(C(=O)c3csc(CN)n3)CC2)cc1C.Cl. The lowest BCUT2D eigenvalue weighted by atomic mass is 10.1. The van der Waals surface area contributed by atoms with E-state index < -0.39 is 0 Å². The molecule has 25 heavy (non-hydrogen) atoms. The Morgan fingerprint density at radius 3 is 2.64 bits per heavy atom. The molecule has 2 N–H and O–H groups in total. The van der Waals surface area contributed by atoms with Gasteiger partial charge in [0.15, 0.2) is 0 Å². The first-order valence-corrected chi connectivity index (χ1v) is 9.12. The number of amides is 1. The molecule has 0 radical (unpaired) electrons. The van der Waals surface area contributed by atoms with Crippen molar-refractivity contribution < 1.29 is 9.53 Å². The molecule has 0 spiro atoms. The van der Waals surface area contributed by atoms with Crippen LogP contribution in [0.2, 0.25) is 0 Å². The van der Waals surface area contributed by atoms with Crippen LogP contribution in [-0.2, 0) is 6.54 Å². The van der Waals surface area contributed by atoms with Gasteiger partial charge in [-0.2, -0.15) is 0 Å². The highest BCUT2D eigenvalue weighted by molar-refractivity contribution is 7.09. The van der Waals surface area contributed by atoms with Crippen molar-refractivity contribution in [1.82, 2.24) is 9.88 Å². The van der Waals surface area contributed by atoms with Crippen LogP contribution in [0.25, 0.3) is 0 Å². The maximum atomic E-state index is 12.5. The van der Waals surface area contributed by atoms with Crippen molar-refractivity contribution in [3.63, 3.8) is 0 Å². The third kappa shape index (κ3) is 4.71. The van der Waals surface area contributed by atoms with E-state index >= 15 is 0 Å². The maximum Gasteiger partial charge on any atom is 0.273 e. The minimum absolute atomic E-state index is 0. The molecule has 1 fully saturated rings. The quantitative estimate of drug-likeness (QED) is 0.881. The number of benzene rings is 1. The van der Waals surface area contributed by atoms with Gasteiger partial charge in [-0.05, 0) is 37.1 Å². The van der Waals surface area contributed by atoms with Gasteiger partial charge in [-0.25, -0.2) is 4.98 Å². The highest BCUT2D eigenvalue weighted by atomic mass is 35.5. The largest absolute Gasteiger partial charge is 0.490 e. The van der Waals surface area contributed by atoms with Gasteiger partial charge in [0.1, 0.15) is 22.6 Å². The zero-order chi connectivity index (χ0) is 17.1. The fourth-order valence-electron chi connectivity index (χ4n) is 2.82. The second-order valence-electron chi connectivity index (χ2n) is 6.19. The molecule has 5 nitrogen and oxygen atoms in total. The molecule has 1 saturated heterocycles. The van der Waals surface area contributed by atoms with Gasteiger partial charge in [-0.3, -0.25) is 4.79 Å². The number of nitrogens with zero attached hydrogens (tertiary/aromatic N) is 2. The van der Waals surface area contributed by atoms with Crippen LogP contribution in [0.15, 0.2) is 23.6 Å². The van der Waals surface area contributed by atoms with Crippen molar-refractivity contribution >= 4 is 29.7 Å². The Balaban J connectivity index is 0.00000225. The molecule has 1 aromatic heterocycles. The molecule has 7 heteroatoms. The molecule has 1 amide bonds.